The van der Waals surface area contributed by atoms with E-state index in [1.165, 1.54) is 5.56 Å². The van der Waals surface area contributed by atoms with Crippen LogP contribution in [0.2, 0.25) is 0 Å². The third-order valence-electron chi connectivity index (χ3n) is 4.03. The zero-order chi connectivity index (χ0) is 15.1. The molecular formula is C17H17BrN2O. The van der Waals surface area contributed by atoms with Crippen molar-refractivity contribution in [3.63, 3.8) is 0 Å². The predicted octanol–water partition coefficient (Wildman–Crippen LogP) is 3.32. The molecule has 1 atom stereocenters. The lowest BCUT2D eigenvalue weighted by molar-refractivity contribution is -0.117. The molecule has 21 heavy (non-hydrogen) atoms. The molecule has 0 saturated carbocycles. The third kappa shape index (κ3) is 2.49. The van der Waals surface area contributed by atoms with Crippen LogP contribution in [-0.4, -0.2) is 13.0 Å². The van der Waals surface area contributed by atoms with Crippen molar-refractivity contribution in [1.82, 2.24) is 0 Å². The summed E-state index contributed by atoms with van der Waals surface area (Å²) in [6.07, 6.45) is 0.460. The monoisotopic (exact) mass is 344 g/mol. The van der Waals surface area contributed by atoms with Crippen LogP contribution in [0, 0.1) is 6.92 Å². The van der Waals surface area contributed by atoms with Crippen molar-refractivity contribution in [3.8, 4) is 0 Å². The van der Waals surface area contributed by atoms with Gasteiger partial charge in [0.1, 0.15) is 0 Å². The molecule has 1 aliphatic heterocycles. The number of amides is 1. The molecule has 4 heteroatoms. The molecule has 0 saturated heterocycles. The second kappa shape index (κ2) is 5.28. The van der Waals surface area contributed by atoms with Crippen molar-refractivity contribution in [1.29, 1.82) is 0 Å². The molecule has 0 radical (unpaired) electrons. The number of anilines is 1. The number of likely N-dealkylation sites (N-methyl/N-ethyl adjacent to an activating group) is 1. The van der Waals surface area contributed by atoms with Gasteiger partial charge in [-0.25, -0.2) is 0 Å². The van der Waals surface area contributed by atoms with Gasteiger partial charge < -0.3 is 10.6 Å². The number of hydrogen-bond acceptors (Lipinski definition) is 2. The minimum absolute atomic E-state index is 0.132. The van der Waals surface area contributed by atoms with E-state index in [-0.39, 0.29) is 11.9 Å². The first kappa shape index (κ1) is 14.3. The van der Waals surface area contributed by atoms with Crippen molar-refractivity contribution in [3.05, 3.63) is 63.1 Å². The highest BCUT2D eigenvalue weighted by molar-refractivity contribution is 9.10. The van der Waals surface area contributed by atoms with E-state index in [0.29, 0.717) is 6.42 Å². The highest BCUT2D eigenvalue weighted by Gasteiger charge is 2.25. The van der Waals surface area contributed by atoms with Crippen molar-refractivity contribution in [2.45, 2.75) is 19.4 Å². The molecule has 108 valence electrons. The maximum absolute atomic E-state index is 11.8. The lowest BCUT2D eigenvalue weighted by Crippen LogP contribution is -2.20. The van der Waals surface area contributed by atoms with Crippen LogP contribution in [0.5, 0.6) is 0 Å². The second-order valence-corrected chi connectivity index (χ2v) is 6.37. The molecule has 1 aliphatic rings. The summed E-state index contributed by atoms with van der Waals surface area (Å²) in [6, 6.07) is 12.0. The number of carbonyl (C=O) groups excluding carboxylic acids is 1. The highest BCUT2D eigenvalue weighted by Crippen LogP contribution is 2.33. The topological polar surface area (TPSA) is 46.3 Å². The van der Waals surface area contributed by atoms with Gasteiger partial charge in [0.15, 0.2) is 0 Å². The average Bonchev–Trinajstić information content (AvgIpc) is 2.75. The summed E-state index contributed by atoms with van der Waals surface area (Å²) in [5.74, 6) is 0.132. The van der Waals surface area contributed by atoms with Gasteiger partial charge in [-0.15, -0.1) is 0 Å². The number of fused-ring (bicyclic) bond motifs is 1. The molecule has 0 fully saturated rings. The molecule has 1 unspecified atom stereocenters. The van der Waals surface area contributed by atoms with Crippen LogP contribution >= 0.6 is 15.9 Å². The van der Waals surface area contributed by atoms with E-state index < -0.39 is 0 Å². The molecule has 2 N–H and O–H groups in total. The Morgan fingerprint density at radius 3 is 2.76 bits per heavy atom. The van der Waals surface area contributed by atoms with E-state index >= 15 is 0 Å². The van der Waals surface area contributed by atoms with Gasteiger partial charge in [0, 0.05) is 17.2 Å². The fraction of sp³-hybridized carbons (Fsp3) is 0.235. The quantitative estimate of drug-likeness (QED) is 0.908. The van der Waals surface area contributed by atoms with Gasteiger partial charge in [0.2, 0.25) is 5.91 Å². The fourth-order valence-electron chi connectivity index (χ4n) is 2.76. The maximum atomic E-state index is 11.8. The molecule has 3 nitrogen and oxygen atoms in total. The van der Waals surface area contributed by atoms with Gasteiger partial charge in [-0.3, -0.25) is 4.79 Å². The average molecular weight is 345 g/mol. The Morgan fingerprint density at radius 2 is 2.00 bits per heavy atom. The summed E-state index contributed by atoms with van der Waals surface area (Å²) < 4.78 is 1.01. The van der Waals surface area contributed by atoms with Crippen LogP contribution in [0.25, 0.3) is 0 Å². The van der Waals surface area contributed by atoms with Crippen LogP contribution in [0.15, 0.2) is 40.9 Å². The van der Waals surface area contributed by atoms with Gasteiger partial charge in [-0.05, 0) is 35.7 Å². The van der Waals surface area contributed by atoms with Crippen molar-refractivity contribution < 1.29 is 4.79 Å². The molecule has 1 amide bonds. The predicted molar refractivity (Wildman–Crippen MR) is 88.5 cm³/mol. The van der Waals surface area contributed by atoms with Gasteiger partial charge in [0.05, 0.1) is 12.5 Å². The number of carbonyl (C=O) groups is 1. The SMILES string of the molecule is Cc1ccc(Br)c(C(N)c2ccc3c(c2)CC(=O)N3C)c1. The highest BCUT2D eigenvalue weighted by atomic mass is 79.9. The van der Waals surface area contributed by atoms with E-state index in [1.54, 1.807) is 4.90 Å². The van der Waals surface area contributed by atoms with Crippen LogP contribution in [-0.2, 0) is 11.2 Å². The summed E-state index contributed by atoms with van der Waals surface area (Å²) in [5.41, 5.74) is 11.7. The molecule has 0 spiro atoms. The zero-order valence-electron chi connectivity index (χ0n) is 12.1. The van der Waals surface area contributed by atoms with Gasteiger partial charge in [0.25, 0.3) is 0 Å². The third-order valence-corrected chi connectivity index (χ3v) is 4.75. The van der Waals surface area contributed by atoms with Gasteiger partial charge in [-0.2, -0.15) is 0 Å². The summed E-state index contributed by atoms with van der Waals surface area (Å²) >= 11 is 3.57. The van der Waals surface area contributed by atoms with E-state index in [9.17, 15) is 4.79 Å². The first-order chi connectivity index (χ1) is 9.97. The minimum atomic E-state index is -0.203. The second-order valence-electron chi connectivity index (χ2n) is 5.52. The Hall–Kier alpha value is -1.65. The number of benzene rings is 2. The van der Waals surface area contributed by atoms with Gasteiger partial charge >= 0.3 is 0 Å². The standard InChI is InChI=1S/C17H17BrN2O/c1-10-3-5-14(18)13(7-10)17(19)11-4-6-15-12(8-11)9-16(21)20(15)2/h3-8,17H,9,19H2,1-2H3. The molecule has 3 rings (SSSR count). The van der Waals surface area contributed by atoms with E-state index in [4.69, 9.17) is 5.73 Å². The van der Waals surface area contributed by atoms with Crippen LogP contribution in [0.4, 0.5) is 5.69 Å². The summed E-state index contributed by atoms with van der Waals surface area (Å²) in [6.45, 7) is 2.05. The Kier molecular flexibility index (Phi) is 3.59. The van der Waals surface area contributed by atoms with Crippen molar-refractivity contribution >= 4 is 27.5 Å². The molecule has 1 heterocycles. The normalized spacial score (nSPS) is 15.2. The van der Waals surface area contributed by atoms with E-state index in [2.05, 4.69) is 41.1 Å². The number of nitrogens with two attached hydrogens (primary N) is 1. The number of nitrogens with zero attached hydrogens (tertiary/aromatic N) is 1. The Bertz CT molecular complexity index is 727. The summed E-state index contributed by atoms with van der Waals surface area (Å²) in [5, 5.41) is 0. The zero-order valence-corrected chi connectivity index (χ0v) is 13.6. The maximum Gasteiger partial charge on any atom is 0.231 e. The van der Waals surface area contributed by atoms with Gasteiger partial charge in [-0.1, -0.05) is 45.8 Å². The first-order valence-electron chi connectivity index (χ1n) is 6.88. The first-order valence-corrected chi connectivity index (χ1v) is 7.67. The number of hydrogen-bond donors (Lipinski definition) is 1. The molecular weight excluding hydrogens is 328 g/mol. The largest absolute Gasteiger partial charge is 0.320 e. The number of rotatable bonds is 2. The molecule has 2 aromatic rings. The Labute approximate surface area is 132 Å². The van der Waals surface area contributed by atoms with Crippen LogP contribution < -0.4 is 10.6 Å². The molecule has 2 aromatic carbocycles. The lowest BCUT2D eigenvalue weighted by atomic mass is 9.96. The van der Waals surface area contributed by atoms with E-state index in [0.717, 1.165) is 26.9 Å². The smallest absolute Gasteiger partial charge is 0.231 e. The van der Waals surface area contributed by atoms with E-state index in [1.807, 2.05) is 25.2 Å². The van der Waals surface area contributed by atoms with Crippen LogP contribution in [0.1, 0.15) is 28.3 Å². The fourth-order valence-corrected chi connectivity index (χ4v) is 3.26. The molecule has 0 aromatic heterocycles. The number of aryl methyl sites for hydroxylation is 1. The van der Waals surface area contributed by atoms with Crippen molar-refractivity contribution in [2.75, 3.05) is 11.9 Å². The minimum Gasteiger partial charge on any atom is -0.320 e. The lowest BCUT2D eigenvalue weighted by Gasteiger charge is -2.17. The Morgan fingerprint density at radius 1 is 1.24 bits per heavy atom. The molecule has 0 bridgehead atoms. The Balaban J connectivity index is 2.00. The van der Waals surface area contributed by atoms with Crippen molar-refractivity contribution in [2.24, 2.45) is 5.73 Å². The number of halogens is 1. The summed E-state index contributed by atoms with van der Waals surface area (Å²) in [7, 11) is 1.81. The van der Waals surface area contributed by atoms with Crippen LogP contribution in [0.3, 0.4) is 0 Å². The molecule has 0 aliphatic carbocycles. The summed E-state index contributed by atoms with van der Waals surface area (Å²) in [4.78, 5) is 13.5.